The zero-order valence-corrected chi connectivity index (χ0v) is 12.8. The van der Waals surface area contributed by atoms with E-state index >= 15 is 0 Å². The number of amides is 1. The van der Waals surface area contributed by atoms with Crippen molar-refractivity contribution < 1.29 is 9.53 Å². The lowest BCUT2D eigenvalue weighted by molar-refractivity contribution is 0.0957. The van der Waals surface area contributed by atoms with Crippen LogP contribution in [-0.2, 0) is 6.61 Å². The summed E-state index contributed by atoms with van der Waals surface area (Å²) in [5.41, 5.74) is 4.15. The SMILES string of the molecule is Cc1ccc(Cl)c(OCc2cc(C(=O)NN)sc2C)c1. The van der Waals surface area contributed by atoms with E-state index < -0.39 is 0 Å². The maximum atomic E-state index is 11.5. The molecule has 0 bridgehead atoms. The average molecular weight is 311 g/mol. The molecule has 0 aliphatic carbocycles. The van der Waals surface area contributed by atoms with E-state index in [2.05, 4.69) is 5.43 Å². The molecule has 0 radical (unpaired) electrons. The van der Waals surface area contributed by atoms with Gasteiger partial charge in [0.25, 0.3) is 5.91 Å². The predicted octanol–water partition coefficient (Wildman–Crippen LogP) is 3.20. The van der Waals surface area contributed by atoms with E-state index in [0.29, 0.717) is 22.3 Å². The summed E-state index contributed by atoms with van der Waals surface area (Å²) in [4.78, 5) is 13.1. The minimum absolute atomic E-state index is 0.294. The van der Waals surface area contributed by atoms with E-state index in [4.69, 9.17) is 22.2 Å². The fourth-order valence-electron chi connectivity index (χ4n) is 1.72. The van der Waals surface area contributed by atoms with Gasteiger partial charge in [0.2, 0.25) is 0 Å². The number of carbonyl (C=O) groups excluding carboxylic acids is 1. The van der Waals surface area contributed by atoms with E-state index in [9.17, 15) is 4.79 Å². The lowest BCUT2D eigenvalue weighted by Crippen LogP contribution is -2.29. The van der Waals surface area contributed by atoms with Crippen LogP contribution in [0.25, 0.3) is 0 Å². The summed E-state index contributed by atoms with van der Waals surface area (Å²) >= 11 is 7.46. The van der Waals surface area contributed by atoms with Gasteiger partial charge in [0.05, 0.1) is 9.90 Å². The first-order valence-corrected chi connectivity index (χ1v) is 7.20. The average Bonchev–Trinajstić information content (AvgIpc) is 2.80. The molecule has 0 atom stereocenters. The van der Waals surface area contributed by atoms with Crippen molar-refractivity contribution in [2.45, 2.75) is 20.5 Å². The van der Waals surface area contributed by atoms with Crippen LogP contribution in [0.5, 0.6) is 5.75 Å². The highest BCUT2D eigenvalue weighted by atomic mass is 35.5. The molecule has 1 aromatic carbocycles. The Morgan fingerprint density at radius 3 is 2.85 bits per heavy atom. The zero-order chi connectivity index (χ0) is 14.7. The number of hydrogen-bond donors (Lipinski definition) is 2. The summed E-state index contributed by atoms with van der Waals surface area (Å²) in [5, 5.41) is 0.573. The number of nitrogens with one attached hydrogen (secondary N) is 1. The second-order valence-electron chi connectivity index (χ2n) is 4.39. The van der Waals surface area contributed by atoms with Crippen LogP contribution >= 0.6 is 22.9 Å². The third-order valence-corrected chi connectivity index (χ3v) is 4.25. The van der Waals surface area contributed by atoms with Crippen LogP contribution in [0.1, 0.15) is 25.7 Å². The fourth-order valence-corrected chi connectivity index (χ4v) is 2.83. The van der Waals surface area contributed by atoms with E-state index in [1.54, 1.807) is 12.1 Å². The first-order chi connectivity index (χ1) is 9.51. The van der Waals surface area contributed by atoms with Crippen LogP contribution in [0.3, 0.4) is 0 Å². The van der Waals surface area contributed by atoms with Crippen LogP contribution < -0.4 is 16.0 Å². The highest BCUT2D eigenvalue weighted by Crippen LogP contribution is 2.28. The van der Waals surface area contributed by atoms with Gasteiger partial charge in [0, 0.05) is 10.4 Å². The molecule has 2 rings (SSSR count). The summed E-state index contributed by atoms with van der Waals surface area (Å²) < 4.78 is 5.72. The van der Waals surface area contributed by atoms with Crippen molar-refractivity contribution in [2.24, 2.45) is 5.84 Å². The van der Waals surface area contributed by atoms with Gasteiger partial charge in [0.15, 0.2) is 0 Å². The first-order valence-electron chi connectivity index (χ1n) is 6.00. The maximum absolute atomic E-state index is 11.5. The second kappa shape index (κ2) is 6.26. The van der Waals surface area contributed by atoms with Crippen molar-refractivity contribution in [3.8, 4) is 5.75 Å². The van der Waals surface area contributed by atoms with Gasteiger partial charge in [-0.2, -0.15) is 0 Å². The summed E-state index contributed by atoms with van der Waals surface area (Å²) in [6.45, 7) is 4.28. The second-order valence-corrected chi connectivity index (χ2v) is 6.05. The maximum Gasteiger partial charge on any atom is 0.275 e. The Morgan fingerprint density at radius 1 is 1.40 bits per heavy atom. The highest BCUT2D eigenvalue weighted by molar-refractivity contribution is 7.14. The topological polar surface area (TPSA) is 64.3 Å². The predicted molar refractivity (Wildman–Crippen MR) is 81.2 cm³/mol. The van der Waals surface area contributed by atoms with Crippen LogP contribution in [0.15, 0.2) is 24.3 Å². The molecule has 106 valence electrons. The number of halogens is 1. The summed E-state index contributed by atoms with van der Waals surface area (Å²) in [6, 6.07) is 7.40. The molecular formula is C14H15ClN2O2S. The van der Waals surface area contributed by atoms with Gasteiger partial charge in [0.1, 0.15) is 12.4 Å². The molecule has 2 aromatic rings. The molecule has 1 aromatic heterocycles. The standard InChI is InChI=1S/C14H15ClN2O2S/c1-8-3-4-11(15)12(5-8)19-7-10-6-13(14(18)17-16)20-9(10)2/h3-6H,7,16H2,1-2H3,(H,17,18). The minimum Gasteiger partial charge on any atom is -0.487 e. The Hall–Kier alpha value is -1.56. The van der Waals surface area contributed by atoms with Crippen molar-refractivity contribution in [1.29, 1.82) is 0 Å². The number of hydrogen-bond acceptors (Lipinski definition) is 4. The van der Waals surface area contributed by atoms with Crippen LogP contribution in [-0.4, -0.2) is 5.91 Å². The van der Waals surface area contributed by atoms with Gasteiger partial charge in [-0.05, 0) is 37.6 Å². The van der Waals surface area contributed by atoms with Gasteiger partial charge < -0.3 is 4.74 Å². The summed E-state index contributed by atoms with van der Waals surface area (Å²) in [5.74, 6) is 5.47. The van der Waals surface area contributed by atoms with Crippen LogP contribution in [0.2, 0.25) is 5.02 Å². The molecule has 0 aliphatic heterocycles. The van der Waals surface area contributed by atoms with Crippen molar-refractivity contribution in [3.05, 3.63) is 50.2 Å². The number of hydrazine groups is 1. The van der Waals surface area contributed by atoms with Crippen molar-refractivity contribution in [3.63, 3.8) is 0 Å². The largest absolute Gasteiger partial charge is 0.487 e. The Morgan fingerprint density at radius 2 is 2.15 bits per heavy atom. The summed E-state index contributed by atoms with van der Waals surface area (Å²) in [7, 11) is 0. The lowest BCUT2D eigenvalue weighted by Gasteiger charge is -2.08. The third-order valence-electron chi connectivity index (χ3n) is 2.85. The molecule has 6 heteroatoms. The molecule has 0 spiro atoms. The molecule has 0 aliphatic rings. The van der Waals surface area contributed by atoms with Gasteiger partial charge in [-0.25, -0.2) is 5.84 Å². The Bertz CT molecular complexity index is 640. The molecule has 1 heterocycles. The number of rotatable bonds is 4. The monoisotopic (exact) mass is 310 g/mol. The van der Waals surface area contributed by atoms with E-state index in [1.165, 1.54) is 11.3 Å². The van der Waals surface area contributed by atoms with Gasteiger partial charge >= 0.3 is 0 Å². The van der Waals surface area contributed by atoms with Gasteiger partial charge in [-0.15, -0.1) is 11.3 Å². The fraction of sp³-hybridized carbons (Fsp3) is 0.214. The smallest absolute Gasteiger partial charge is 0.275 e. The Labute approximate surface area is 126 Å². The van der Waals surface area contributed by atoms with E-state index in [1.807, 2.05) is 26.0 Å². The normalized spacial score (nSPS) is 10.4. The molecule has 20 heavy (non-hydrogen) atoms. The van der Waals surface area contributed by atoms with Crippen molar-refractivity contribution in [1.82, 2.24) is 5.43 Å². The molecule has 0 unspecified atom stereocenters. The van der Waals surface area contributed by atoms with Gasteiger partial charge in [-0.1, -0.05) is 17.7 Å². The Balaban J connectivity index is 2.13. The third kappa shape index (κ3) is 3.30. The summed E-state index contributed by atoms with van der Waals surface area (Å²) in [6.07, 6.45) is 0. The Kier molecular flexibility index (Phi) is 4.65. The molecule has 4 nitrogen and oxygen atoms in total. The van der Waals surface area contributed by atoms with Crippen molar-refractivity contribution >= 4 is 28.8 Å². The number of nitrogen functional groups attached to an aromatic ring is 1. The quantitative estimate of drug-likeness (QED) is 0.518. The number of ether oxygens (including phenoxy) is 1. The lowest BCUT2D eigenvalue weighted by atomic mass is 10.2. The van der Waals surface area contributed by atoms with Crippen molar-refractivity contribution in [2.75, 3.05) is 0 Å². The van der Waals surface area contributed by atoms with Gasteiger partial charge in [-0.3, -0.25) is 10.2 Å². The number of benzene rings is 1. The zero-order valence-electron chi connectivity index (χ0n) is 11.2. The number of carbonyl (C=O) groups is 1. The van der Waals surface area contributed by atoms with Crippen LogP contribution in [0.4, 0.5) is 0 Å². The number of nitrogens with two attached hydrogens (primary N) is 1. The molecule has 0 fully saturated rings. The van der Waals surface area contributed by atoms with Crippen LogP contribution in [0, 0.1) is 13.8 Å². The number of thiophene rings is 1. The highest BCUT2D eigenvalue weighted by Gasteiger charge is 2.12. The molecule has 0 saturated heterocycles. The molecule has 0 saturated carbocycles. The molecular weight excluding hydrogens is 296 g/mol. The molecule has 1 amide bonds. The van der Waals surface area contributed by atoms with E-state index in [0.717, 1.165) is 16.0 Å². The minimum atomic E-state index is -0.294. The molecule has 3 N–H and O–H groups in total. The first kappa shape index (κ1) is 14.8. The number of aryl methyl sites for hydroxylation is 2. The van der Waals surface area contributed by atoms with E-state index in [-0.39, 0.29) is 5.91 Å².